The van der Waals surface area contributed by atoms with Crippen LogP contribution in [-0.4, -0.2) is 47.6 Å². The number of nitrogens with zero attached hydrogens (tertiary/aromatic N) is 3. The average molecular weight is 323 g/mol. The van der Waals surface area contributed by atoms with E-state index in [9.17, 15) is 8.42 Å². The van der Waals surface area contributed by atoms with Crippen LogP contribution in [0.15, 0.2) is 6.20 Å². The molecule has 1 atom stereocenters. The summed E-state index contributed by atoms with van der Waals surface area (Å²) in [7, 11) is -3.20. The Hall–Kier alpha value is -0.730. The third-order valence-electron chi connectivity index (χ3n) is 2.94. The van der Waals surface area contributed by atoms with Crippen molar-refractivity contribution in [2.24, 2.45) is 0 Å². The molecule has 0 amide bonds. The molecule has 6 nitrogen and oxygen atoms in total. The van der Waals surface area contributed by atoms with Gasteiger partial charge in [-0.25, -0.2) is 13.4 Å². The lowest BCUT2D eigenvalue weighted by atomic mass is 10.4. The maximum atomic E-state index is 12.2. The van der Waals surface area contributed by atoms with E-state index in [0.717, 1.165) is 5.75 Å². The fourth-order valence-corrected chi connectivity index (χ4v) is 5.00. The van der Waals surface area contributed by atoms with Gasteiger partial charge < -0.3 is 10.6 Å². The van der Waals surface area contributed by atoms with Crippen LogP contribution < -0.4 is 10.6 Å². The number of nitrogen functional groups attached to an aromatic ring is 1. The van der Waals surface area contributed by atoms with Gasteiger partial charge >= 0.3 is 0 Å². The Balaban J connectivity index is 2.42. The van der Waals surface area contributed by atoms with Crippen LogP contribution in [0.4, 0.5) is 11.5 Å². The average Bonchev–Trinajstić information content (AvgIpc) is 2.41. The van der Waals surface area contributed by atoms with Gasteiger partial charge in [-0.05, 0) is 11.6 Å². The van der Waals surface area contributed by atoms with Gasteiger partial charge in [-0.3, -0.25) is 0 Å². The van der Waals surface area contributed by atoms with Crippen molar-refractivity contribution >= 4 is 44.7 Å². The number of halogens is 1. The molecule has 2 rings (SSSR count). The number of aromatic nitrogens is 2. The second kappa shape index (κ2) is 5.72. The summed E-state index contributed by atoms with van der Waals surface area (Å²) < 4.78 is 24.3. The van der Waals surface area contributed by atoms with Gasteiger partial charge in [0.25, 0.3) is 0 Å². The molecule has 1 saturated heterocycles. The zero-order valence-electron chi connectivity index (χ0n) is 10.4. The Kier molecular flexibility index (Phi) is 4.42. The number of sulfone groups is 1. The number of nitrogens with two attached hydrogens (primary N) is 1. The van der Waals surface area contributed by atoms with E-state index in [1.165, 1.54) is 6.20 Å². The topological polar surface area (TPSA) is 89.2 Å². The van der Waals surface area contributed by atoms with Crippen molar-refractivity contribution in [3.63, 3.8) is 0 Å². The van der Waals surface area contributed by atoms with E-state index in [2.05, 4.69) is 9.97 Å². The van der Waals surface area contributed by atoms with Crippen LogP contribution in [0.3, 0.4) is 0 Å². The van der Waals surface area contributed by atoms with E-state index in [4.69, 9.17) is 17.3 Å². The summed E-state index contributed by atoms with van der Waals surface area (Å²) in [5.74, 6) is 1.84. The zero-order chi connectivity index (χ0) is 14.0. The SMILES string of the molecule is CCS(=O)(=O)C1CSCCN1c1nc(Cl)ncc1N. The van der Waals surface area contributed by atoms with E-state index in [1.54, 1.807) is 23.6 Å². The van der Waals surface area contributed by atoms with Gasteiger partial charge in [-0.1, -0.05) is 6.92 Å². The highest BCUT2D eigenvalue weighted by Crippen LogP contribution is 2.30. The van der Waals surface area contributed by atoms with Crippen molar-refractivity contribution in [2.75, 3.05) is 34.4 Å². The minimum absolute atomic E-state index is 0.0649. The van der Waals surface area contributed by atoms with Crippen molar-refractivity contribution in [1.82, 2.24) is 9.97 Å². The highest BCUT2D eigenvalue weighted by atomic mass is 35.5. The van der Waals surface area contributed by atoms with E-state index in [-0.39, 0.29) is 11.0 Å². The lowest BCUT2D eigenvalue weighted by molar-refractivity contribution is 0.579. The summed E-state index contributed by atoms with van der Waals surface area (Å²) in [4.78, 5) is 9.59. The molecule has 1 aliphatic heterocycles. The summed E-state index contributed by atoms with van der Waals surface area (Å²) in [6.45, 7) is 2.22. The molecular weight excluding hydrogens is 308 g/mol. The molecule has 1 aliphatic rings. The molecular formula is C10H15ClN4O2S2. The number of thioether (sulfide) groups is 1. The molecule has 9 heteroatoms. The fraction of sp³-hybridized carbons (Fsp3) is 0.600. The molecule has 1 unspecified atom stereocenters. The van der Waals surface area contributed by atoms with Crippen molar-refractivity contribution in [2.45, 2.75) is 12.3 Å². The molecule has 1 aromatic rings. The molecule has 0 radical (unpaired) electrons. The lowest BCUT2D eigenvalue weighted by Crippen LogP contribution is -2.48. The predicted octanol–water partition coefficient (Wildman–Crippen LogP) is 1.03. The lowest BCUT2D eigenvalue weighted by Gasteiger charge is -2.35. The fourth-order valence-electron chi connectivity index (χ4n) is 1.90. The normalized spacial score (nSPS) is 20.5. The quantitative estimate of drug-likeness (QED) is 0.831. The van der Waals surface area contributed by atoms with Crippen LogP contribution in [0.5, 0.6) is 0 Å². The van der Waals surface area contributed by atoms with Crippen molar-refractivity contribution < 1.29 is 8.42 Å². The molecule has 19 heavy (non-hydrogen) atoms. The molecule has 106 valence electrons. The first-order valence-corrected chi connectivity index (χ1v) is 9.04. The van der Waals surface area contributed by atoms with Gasteiger partial charge in [0, 0.05) is 23.8 Å². The van der Waals surface area contributed by atoms with Crippen LogP contribution in [0, 0.1) is 0 Å². The van der Waals surface area contributed by atoms with E-state index >= 15 is 0 Å². The Labute approximate surface area is 121 Å². The zero-order valence-corrected chi connectivity index (χ0v) is 12.8. The largest absolute Gasteiger partial charge is 0.394 e. The van der Waals surface area contributed by atoms with Crippen molar-refractivity contribution in [3.05, 3.63) is 11.5 Å². The van der Waals surface area contributed by atoms with E-state index in [1.807, 2.05) is 0 Å². The summed E-state index contributed by atoms with van der Waals surface area (Å²) >= 11 is 7.39. The maximum Gasteiger partial charge on any atom is 0.224 e. The second-order valence-corrected chi connectivity index (χ2v) is 8.03. The van der Waals surface area contributed by atoms with Gasteiger partial charge in [0.1, 0.15) is 5.37 Å². The van der Waals surface area contributed by atoms with Crippen LogP contribution in [-0.2, 0) is 9.84 Å². The Bertz CT molecular complexity index is 567. The molecule has 0 spiro atoms. The third-order valence-corrected chi connectivity index (χ3v) is 6.41. The number of rotatable bonds is 3. The van der Waals surface area contributed by atoms with Gasteiger partial charge in [0.15, 0.2) is 15.7 Å². The van der Waals surface area contributed by atoms with Crippen LogP contribution in [0.2, 0.25) is 5.28 Å². The molecule has 0 aliphatic carbocycles. The first-order chi connectivity index (χ1) is 8.95. The molecule has 0 bridgehead atoms. The Morgan fingerprint density at radius 1 is 1.63 bits per heavy atom. The van der Waals surface area contributed by atoms with Crippen LogP contribution >= 0.6 is 23.4 Å². The molecule has 0 aromatic carbocycles. The highest BCUT2D eigenvalue weighted by molar-refractivity contribution is 8.01. The number of anilines is 2. The summed E-state index contributed by atoms with van der Waals surface area (Å²) in [6.07, 6.45) is 1.40. The summed E-state index contributed by atoms with van der Waals surface area (Å²) in [5, 5.41) is -0.542. The van der Waals surface area contributed by atoms with E-state index in [0.29, 0.717) is 23.8 Å². The minimum atomic E-state index is -3.20. The molecule has 2 heterocycles. The minimum Gasteiger partial charge on any atom is -0.394 e. The van der Waals surface area contributed by atoms with Gasteiger partial charge in [0.05, 0.1) is 11.9 Å². The standard InChI is InChI=1S/C10H15ClN4O2S2/c1-2-19(16,17)8-6-18-4-3-15(8)9-7(12)5-13-10(11)14-9/h5,8H,2-4,6,12H2,1H3. The molecule has 2 N–H and O–H groups in total. The van der Waals surface area contributed by atoms with Crippen LogP contribution in [0.1, 0.15) is 6.92 Å². The Morgan fingerprint density at radius 2 is 2.37 bits per heavy atom. The summed E-state index contributed by atoms with van der Waals surface area (Å²) in [6, 6.07) is 0. The monoisotopic (exact) mass is 322 g/mol. The smallest absolute Gasteiger partial charge is 0.224 e. The molecule has 0 saturated carbocycles. The van der Waals surface area contributed by atoms with Crippen LogP contribution in [0.25, 0.3) is 0 Å². The maximum absolute atomic E-state index is 12.2. The van der Waals surface area contributed by atoms with Gasteiger partial charge in [-0.15, -0.1) is 0 Å². The summed E-state index contributed by atoms with van der Waals surface area (Å²) in [5.41, 5.74) is 6.18. The van der Waals surface area contributed by atoms with E-state index < -0.39 is 15.2 Å². The van der Waals surface area contributed by atoms with Gasteiger partial charge in [-0.2, -0.15) is 16.7 Å². The molecule has 1 aromatic heterocycles. The molecule has 1 fully saturated rings. The first kappa shape index (κ1) is 14.7. The van der Waals surface area contributed by atoms with Crippen molar-refractivity contribution in [1.29, 1.82) is 0 Å². The first-order valence-electron chi connectivity index (χ1n) is 5.79. The predicted molar refractivity (Wildman–Crippen MR) is 79.4 cm³/mol. The van der Waals surface area contributed by atoms with Crippen molar-refractivity contribution in [3.8, 4) is 0 Å². The third kappa shape index (κ3) is 3.06. The van der Waals surface area contributed by atoms with Gasteiger partial charge in [0.2, 0.25) is 5.28 Å². The number of hydrogen-bond acceptors (Lipinski definition) is 7. The second-order valence-electron chi connectivity index (χ2n) is 4.09. The number of hydrogen-bond donors (Lipinski definition) is 1. The Morgan fingerprint density at radius 3 is 3.05 bits per heavy atom. The highest BCUT2D eigenvalue weighted by Gasteiger charge is 2.34.